The van der Waals surface area contributed by atoms with Gasteiger partial charge in [-0.15, -0.1) is 0 Å². The maximum Gasteiger partial charge on any atom is 0.414 e. The molecule has 0 N–H and O–H groups in total. The molecular formula is C11H11F3O. The van der Waals surface area contributed by atoms with E-state index in [1.54, 1.807) is 24.3 Å². The van der Waals surface area contributed by atoms with Crippen LogP contribution < -0.4 is 0 Å². The lowest BCUT2D eigenvalue weighted by atomic mass is 10.1. The van der Waals surface area contributed by atoms with Gasteiger partial charge in [-0.05, 0) is 18.4 Å². The number of benzene rings is 1. The summed E-state index contributed by atoms with van der Waals surface area (Å²) in [4.78, 5) is 0. The van der Waals surface area contributed by atoms with E-state index in [9.17, 15) is 13.2 Å². The number of hydrogen-bond donors (Lipinski definition) is 0. The van der Waals surface area contributed by atoms with E-state index in [4.69, 9.17) is 4.74 Å². The van der Waals surface area contributed by atoms with Crippen molar-refractivity contribution in [3.63, 3.8) is 0 Å². The molecule has 2 rings (SSSR count). The van der Waals surface area contributed by atoms with Crippen LogP contribution in [0.15, 0.2) is 30.3 Å². The van der Waals surface area contributed by atoms with Gasteiger partial charge in [0.1, 0.15) is 0 Å². The highest BCUT2D eigenvalue weighted by Crippen LogP contribution is 2.39. The first-order valence-electron chi connectivity index (χ1n) is 4.84. The molecule has 1 heterocycles. The van der Waals surface area contributed by atoms with Gasteiger partial charge in [-0.2, -0.15) is 13.2 Å². The minimum absolute atomic E-state index is 0.0586. The quantitative estimate of drug-likeness (QED) is 0.698. The maximum atomic E-state index is 12.3. The van der Waals surface area contributed by atoms with Crippen LogP contribution in [0.25, 0.3) is 0 Å². The second kappa shape index (κ2) is 3.85. The van der Waals surface area contributed by atoms with E-state index in [-0.39, 0.29) is 6.42 Å². The first kappa shape index (κ1) is 10.5. The average Bonchev–Trinajstić information content (AvgIpc) is 2.67. The molecule has 1 fully saturated rings. The number of rotatable bonds is 1. The zero-order chi connectivity index (χ0) is 10.9. The van der Waals surface area contributed by atoms with E-state index in [1.807, 2.05) is 6.07 Å². The number of alkyl halides is 3. The summed E-state index contributed by atoms with van der Waals surface area (Å²) in [7, 11) is 0. The Morgan fingerprint density at radius 2 is 1.73 bits per heavy atom. The van der Waals surface area contributed by atoms with Gasteiger partial charge in [0.15, 0.2) is 6.10 Å². The maximum absolute atomic E-state index is 12.3. The van der Waals surface area contributed by atoms with Crippen LogP contribution in [0, 0.1) is 0 Å². The Morgan fingerprint density at radius 3 is 2.27 bits per heavy atom. The molecule has 0 aromatic heterocycles. The van der Waals surface area contributed by atoms with Gasteiger partial charge >= 0.3 is 6.18 Å². The zero-order valence-electron chi connectivity index (χ0n) is 8.00. The molecule has 0 aliphatic carbocycles. The van der Waals surface area contributed by atoms with E-state index in [0.717, 1.165) is 5.56 Å². The fourth-order valence-electron chi connectivity index (χ4n) is 1.79. The summed E-state index contributed by atoms with van der Waals surface area (Å²) in [5.74, 6) is 0. The highest BCUT2D eigenvalue weighted by molar-refractivity contribution is 5.18. The lowest BCUT2D eigenvalue weighted by Crippen LogP contribution is -2.27. The highest BCUT2D eigenvalue weighted by Gasteiger charge is 2.45. The minimum atomic E-state index is -4.23. The molecule has 1 aromatic rings. The topological polar surface area (TPSA) is 9.23 Å². The third-order valence-corrected chi connectivity index (χ3v) is 2.56. The summed E-state index contributed by atoms with van der Waals surface area (Å²) < 4.78 is 42.0. The third-order valence-electron chi connectivity index (χ3n) is 2.56. The van der Waals surface area contributed by atoms with Gasteiger partial charge in [-0.3, -0.25) is 0 Å². The summed E-state index contributed by atoms with van der Waals surface area (Å²) in [6, 6.07) is 9.03. The second-order valence-electron chi connectivity index (χ2n) is 3.64. The van der Waals surface area contributed by atoms with Crippen molar-refractivity contribution in [3.8, 4) is 0 Å². The normalized spacial score (nSPS) is 26.9. The van der Waals surface area contributed by atoms with Gasteiger partial charge in [-0.25, -0.2) is 0 Å². The molecule has 0 bridgehead atoms. The Labute approximate surface area is 85.9 Å². The Kier molecular flexibility index (Phi) is 2.69. The van der Waals surface area contributed by atoms with Gasteiger partial charge in [0.05, 0.1) is 6.10 Å². The number of hydrogen-bond acceptors (Lipinski definition) is 1. The van der Waals surface area contributed by atoms with Crippen molar-refractivity contribution in [2.45, 2.75) is 31.2 Å². The average molecular weight is 216 g/mol. The van der Waals surface area contributed by atoms with Gasteiger partial charge in [0.25, 0.3) is 0 Å². The van der Waals surface area contributed by atoms with Crippen molar-refractivity contribution in [1.82, 2.24) is 0 Å². The molecule has 0 saturated carbocycles. The standard InChI is InChI=1S/C11H11F3O/c12-11(13,14)10-7-6-9(15-10)8-4-2-1-3-5-8/h1-5,9-10H,6-7H2. The largest absolute Gasteiger partial charge is 0.414 e. The lowest BCUT2D eigenvalue weighted by Gasteiger charge is -2.16. The molecule has 2 unspecified atom stereocenters. The van der Waals surface area contributed by atoms with Crippen molar-refractivity contribution in [2.75, 3.05) is 0 Å². The molecule has 1 saturated heterocycles. The predicted octanol–water partition coefficient (Wildman–Crippen LogP) is 3.47. The molecule has 4 heteroatoms. The molecule has 2 atom stereocenters. The van der Waals surface area contributed by atoms with E-state index >= 15 is 0 Å². The summed E-state index contributed by atoms with van der Waals surface area (Å²) >= 11 is 0. The van der Waals surface area contributed by atoms with E-state index < -0.39 is 18.4 Å². The van der Waals surface area contributed by atoms with Crippen molar-refractivity contribution < 1.29 is 17.9 Å². The molecule has 1 aliphatic heterocycles. The number of halogens is 3. The Bertz CT molecular complexity index is 320. The van der Waals surface area contributed by atoms with Gasteiger partial charge in [-0.1, -0.05) is 30.3 Å². The van der Waals surface area contributed by atoms with Crippen molar-refractivity contribution in [3.05, 3.63) is 35.9 Å². The predicted molar refractivity (Wildman–Crippen MR) is 49.3 cm³/mol. The van der Waals surface area contributed by atoms with E-state index in [1.165, 1.54) is 0 Å². The molecule has 0 spiro atoms. The Morgan fingerprint density at radius 1 is 1.07 bits per heavy atom. The van der Waals surface area contributed by atoms with E-state index in [0.29, 0.717) is 6.42 Å². The molecule has 1 aliphatic rings. The molecule has 1 nitrogen and oxygen atoms in total. The van der Waals surface area contributed by atoms with Crippen LogP contribution in [0.2, 0.25) is 0 Å². The van der Waals surface area contributed by atoms with Crippen LogP contribution in [0.4, 0.5) is 13.2 Å². The Balaban J connectivity index is 2.05. The van der Waals surface area contributed by atoms with Crippen molar-refractivity contribution in [1.29, 1.82) is 0 Å². The fourth-order valence-corrected chi connectivity index (χ4v) is 1.79. The summed E-state index contributed by atoms with van der Waals surface area (Å²) in [6.07, 6.45) is -5.73. The molecular weight excluding hydrogens is 205 g/mol. The molecule has 15 heavy (non-hydrogen) atoms. The van der Waals surface area contributed by atoms with Crippen LogP contribution in [0.5, 0.6) is 0 Å². The van der Waals surface area contributed by atoms with Crippen molar-refractivity contribution in [2.24, 2.45) is 0 Å². The zero-order valence-corrected chi connectivity index (χ0v) is 8.00. The third kappa shape index (κ3) is 2.31. The minimum Gasteiger partial charge on any atom is -0.361 e. The Hall–Kier alpha value is -1.03. The summed E-state index contributed by atoms with van der Waals surface area (Å²) in [6.45, 7) is 0. The fraction of sp³-hybridized carbons (Fsp3) is 0.455. The molecule has 82 valence electrons. The van der Waals surface area contributed by atoms with Crippen molar-refractivity contribution >= 4 is 0 Å². The SMILES string of the molecule is FC(F)(F)C1CCC(c2ccccc2)O1. The highest BCUT2D eigenvalue weighted by atomic mass is 19.4. The van der Waals surface area contributed by atoms with E-state index in [2.05, 4.69) is 0 Å². The van der Waals surface area contributed by atoms with Crippen LogP contribution in [-0.2, 0) is 4.74 Å². The summed E-state index contributed by atoms with van der Waals surface area (Å²) in [5.41, 5.74) is 0.823. The molecule has 0 radical (unpaired) electrons. The monoisotopic (exact) mass is 216 g/mol. The van der Waals surface area contributed by atoms with Crippen LogP contribution >= 0.6 is 0 Å². The molecule has 1 aromatic carbocycles. The first-order valence-corrected chi connectivity index (χ1v) is 4.84. The van der Waals surface area contributed by atoms with Gasteiger partial charge in [0.2, 0.25) is 0 Å². The number of ether oxygens (including phenoxy) is 1. The lowest BCUT2D eigenvalue weighted by molar-refractivity contribution is -0.215. The summed E-state index contributed by atoms with van der Waals surface area (Å²) in [5, 5.41) is 0. The molecule has 0 amide bonds. The van der Waals surface area contributed by atoms with Crippen LogP contribution in [0.3, 0.4) is 0 Å². The van der Waals surface area contributed by atoms with Crippen LogP contribution in [0.1, 0.15) is 24.5 Å². The first-order chi connectivity index (χ1) is 7.07. The van der Waals surface area contributed by atoms with Gasteiger partial charge < -0.3 is 4.74 Å². The smallest absolute Gasteiger partial charge is 0.361 e. The van der Waals surface area contributed by atoms with Gasteiger partial charge in [0, 0.05) is 0 Å². The van der Waals surface area contributed by atoms with Crippen LogP contribution in [-0.4, -0.2) is 12.3 Å². The second-order valence-corrected chi connectivity index (χ2v) is 3.64.